The van der Waals surface area contributed by atoms with Crippen LogP contribution in [0.2, 0.25) is 0 Å². The van der Waals surface area contributed by atoms with Crippen LogP contribution in [0.4, 0.5) is 11.5 Å². The Balaban J connectivity index is 1.71. The van der Waals surface area contributed by atoms with Crippen LogP contribution in [0.15, 0.2) is 55.1 Å². The molecule has 1 aromatic carbocycles. The van der Waals surface area contributed by atoms with Crippen molar-refractivity contribution >= 4 is 17.4 Å². The Morgan fingerprint density at radius 2 is 1.88 bits per heavy atom. The van der Waals surface area contributed by atoms with Crippen LogP contribution in [0.3, 0.4) is 0 Å². The fourth-order valence-electron chi connectivity index (χ4n) is 2.46. The Kier molecular flexibility index (Phi) is 4.99. The predicted molar refractivity (Wildman–Crippen MR) is 97.5 cm³/mol. The minimum atomic E-state index is -0.260. The Bertz CT molecular complexity index is 860. The molecule has 2 heterocycles. The lowest BCUT2D eigenvalue weighted by atomic mass is 10.1. The first-order valence-electron chi connectivity index (χ1n) is 7.96. The Morgan fingerprint density at radius 3 is 2.60 bits per heavy atom. The number of aromatic nitrogens is 3. The number of carbonyl (C=O) groups excluding carboxylic acids is 1. The van der Waals surface area contributed by atoms with Gasteiger partial charge >= 0.3 is 0 Å². The summed E-state index contributed by atoms with van der Waals surface area (Å²) in [4.78, 5) is 24.8. The Hall–Kier alpha value is -3.28. The summed E-state index contributed by atoms with van der Waals surface area (Å²) in [7, 11) is 0. The van der Waals surface area contributed by atoms with Crippen LogP contribution < -0.4 is 10.6 Å². The molecule has 0 aliphatic heterocycles. The molecule has 0 aliphatic carbocycles. The Morgan fingerprint density at radius 1 is 1.08 bits per heavy atom. The molecular formula is C19H19N5O. The normalized spacial score (nSPS) is 10.3. The molecule has 0 aliphatic rings. The first-order chi connectivity index (χ1) is 12.1. The largest absolute Gasteiger partial charge is 0.366 e. The van der Waals surface area contributed by atoms with Crippen LogP contribution in [0.5, 0.6) is 0 Å². The van der Waals surface area contributed by atoms with E-state index in [2.05, 4.69) is 25.6 Å². The van der Waals surface area contributed by atoms with E-state index in [0.717, 1.165) is 22.4 Å². The molecule has 3 rings (SSSR count). The minimum absolute atomic E-state index is 0.260. The fraction of sp³-hybridized carbons (Fsp3) is 0.158. The highest BCUT2D eigenvalue weighted by Crippen LogP contribution is 2.20. The van der Waals surface area contributed by atoms with E-state index in [4.69, 9.17) is 0 Å². The molecule has 0 atom stereocenters. The lowest BCUT2D eigenvalue weighted by molar-refractivity contribution is 0.102. The molecule has 0 fully saturated rings. The van der Waals surface area contributed by atoms with Crippen molar-refractivity contribution in [2.24, 2.45) is 0 Å². The van der Waals surface area contributed by atoms with Gasteiger partial charge in [0.1, 0.15) is 17.8 Å². The molecule has 2 aromatic heterocycles. The number of amides is 1. The lowest BCUT2D eigenvalue weighted by Crippen LogP contribution is -2.16. The van der Waals surface area contributed by atoms with Crippen molar-refractivity contribution in [1.29, 1.82) is 0 Å². The average molecular weight is 333 g/mol. The third-order valence-electron chi connectivity index (χ3n) is 3.82. The van der Waals surface area contributed by atoms with Gasteiger partial charge in [0.05, 0.1) is 0 Å². The topological polar surface area (TPSA) is 79.8 Å². The molecular weight excluding hydrogens is 314 g/mol. The third-order valence-corrected chi connectivity index (χ3v) is 3.82. The molecule has 0 saturated carbocycles. The van der Waals surface area contributed by atoms with E-state index in [1.165, 1.54) is 6.33 Å². The summed E-state index contributed by atoms with van der Waals surface area (Å²) in [5.74, 6) is 0.328. The van der Waals surface area contributed by atoms with E-state index in [1.807, 2.05) is 44.2 Å². The predicted octanol–water partition coefficient (Wildman–Crippen LogP) is 3.35. The van der Waals surface area contributed by atoms with Crippen molar-refractivity contribution in [3.05, 3.63) is 77.5 Å². The van der Waals surface area contributed by atoms with Gasteiger partial charge < -0.3 is 10.6 Å². The van der Waals surface area contributed by atoms with Gasteiger partial charge in [-0.2, -0.15) is 0 Å². The molecule has 126 valence electrons. The van der Waals surface area contributed by atoms with E-state index in [1.54, 1.807) is 18.5 Å². The number of para-hydroxylation sites is 1. The van der Waals surface area contributed by atoms with Gasteiger partial charge in [0, 0.05) is 30.7 Å². The number of hydrogen-bond donors (Lipinski definition) is 2. The third kappa shape index (κ3) is 4.17. The molecule has 0 radical (unpaired) electrons. The highest BCUT2D eigenvalue weighted by atomic mass is 16.1. The quantitative estimate of drug-likeness (QED) is 0.748. The first-order valence-corrected chi connectivity index (χ1v) is 7.96. The molecule has 0 unspecified atom stereocenters. The second kappa shape index (κ2) is 7.53. The number of hydrogen-bond acceptors (Lipinski definition) is 5. The van der Waals surface area contributed by atoms with Gasteiger partial charge in [-0.15, -0.1) is 0 Å². The first kappa shape index (κ1) is 16.6. The molecule has 6 nitrogen and oxygen atoms in total. The van der Waals surface area contributed by atoms with Gasteiger partial charge in [-0.1, -0.05) is 24.3 Å². The van der Waals surface area contributed by atoms with Crippen molar-refractivity contribution in [2.45, 2.75) is 20.4 Å². The summed E-state index contributed by atoms with van der Waals surface area (Å²) in [6.07, 6.45) is 4.89. The van der Waals surface area contributed by atoms with Crippen LogP contribution in [0.25, 0.3) is 0 Å². The standard InChI is InChI=1S/C19H19N5O/c1-13-5-3-6-14(2)18(13)24-19(25)16-9-17(23-12-22-16)21-11-15-7-4-8-20-10-15/h3-10,12H,11H2,1-2H3,(H,24,25)(H,21,22,23). The van der Waals surface area contributed by atoms with Gasteiger partial charge in [0.25, 0.3) is 5.91 Å². The van der Waals surface area contributed by atoms with E-state index in [0.29, 0.717) is 18.1 Å². The second-order valence-electron chi connectivity index (χ2n) is 5.72. The molecule has 25 heavy (non-hydrogen) atoms. The summed E-state index contributed by atoms with van der Waals surface area (Å²) < 4.78 is 0. The molecule has 1 amide bonds. The van der Waals surface area contributed by atoms with Gasteiger partial charge in [-0.05, 0) is 36.6 Å². The molecule has 3 aromatic rings. The highest BCUT2D eigenvalue weighted by molar-refractivity contribution is 6.04. The van der Waals surface area contributed by atoms with Crippen molar-refractivity contribution in [1.82, 2.24) is 15.0 Å². The zero-order valence-corrected chi connectivity index (χ0v) is 14.2. The van der Waals surface area contributed by atoms with Crippen LogP contribution in [0.1, 0.15) is 27.2 Å². The van der Waals surface area contributed by atoms with Gasteiger partial charge in [-0.25, -0.2) is 9.97 Å². The monoisotopic (exact) mass is 333 g/mol. The average Bonchev–Trinajstić information content (AvgIpc) is 2.64. The molecule has 6 heteroatoms. The van der Waals surface area contributed by atoms with Crippen LogP contribution in [-0.4, -0.2) is 20.9 Å². The number of benzene rings is 1. The van der Waals surface area contributed by atoms with Crippen molar-refractivity contribution in [2.75, 3.05) is 10.6 Å². The SMILES string of the molecule is Cc1cccc(C)c1NC(=O)c1cc(NCc2cccnc2)ncn1. The smallest absolute Gasteiger partial charge is 0.274 e. The fourth-order valence-corrected chi connectivity index (χ4v) is 2.46. The lowest BCUT2D eigenvalue weighted by Gasteiger charge is -2.11. The van der Waals surface area contributed by atoms with Crippen molar-refractivity contribution in [3.63, 3.8) is 0 Å². The van der Waals surface area contributed by atoms with Gasteiger partial charge in [-0.3, -0.25) is 9.78 Å². The number of aryl methyl sites for hydroxylation is 2. The number of pyridine rings is 1. The van der Waals surface area contributed by atoms with E-state index in [9.17, 15) is 4.79 Å². The van der Waals surface area contributed by atoms with Gasteiger partial charge in [0.2, 0.25) is 0 Å². The molecule has 0 bridgehead atoms. The summed E-state index contributed by atoms with van der Waals surface area (Å²) in [5, 5.41) is 6.10. The minimum Gasteiger partial charge on any atom is -0.366 e. The Labute approximate surface area is 146 Å². The van der Waals surface area contributed by atoms with E-state index in [-0.39, 0.29) is 5.91 Å². The second-order valence-corrected chi connectivity index (χ2v) is 5.72. The maximum Gasteiger partial charge on any atom is 0.274 e. The van der Waals surface area contributed by atoms with Crippen molar-refractivity contribution < 1.29 is 4.79 Å². The number of anilines is 2. The van der Waals surface area contributed by atoms with Gasteiger partial charge in [0.15, 0.2) is 0 Å². The number of nitrogens with one attached hydrogen (secondary N) is 2. The number of rotatable bonds is 5. The highest BCUT2D eigenvalue weighted by Gasteiger charge is 2.12. The summed E-state index contributed by atoms with van der Waals surface area (Å²) in [6.45, 7) is 4.50. The molecule has 2 N–H and O–H groups in total. The van der Waals surface area contributed by atoms with Crippen LogP contribution in [-0.2, 0) is 6.54 Å². The zero-order valence-electron chi connectivity index (χ0n) is 14.2. The number of carbonyl (C=O) groups is 1. The summed E-state index contributed by atoms with van der Waals surface area (Å²) in [6, 6.07) is 11.4. The van der Waals surface area contributed by atoms with E-state index >= 15 is 0 Å². The molecule has 0 saturated heterocycles. The zero-order chi connectivity index (χ0) is 17.6. The van der Waals surface area contributed by atoms with Crippen LogP contribution in [0, 0.1) is 13.8 Å². The van der Waals surface area contributed by atoms with Crippen molar-refractivity contribution in [3.8, 4) is 0 Å². The maximum absolute atomic E-state index is 12.5. The number of nitrogens with zero attached hydrogens (tertiary/aromatic N) is 3. The summed E-state index contributed by atoms with van der Waals surface area (Å²) >= 11 is 0. The summed E-state index contributed by atoms with van der Waals surface area (Å²) in [5.41, 5.74) is 4.18. The van der Waals surface area contributed by atoms with E-state index < -0.39 is 0 Å². The maximum atomic E-state index is 12.5. The van der Waals surface area contributed by atoms with Crippen LogP contribution >= 0.6 is 0 Å². The molecule has 0 spiro atoms.